The molecule has 124 valence electrons. The van der Waals surface area contributed by atoms with Crippen LogP contribution in [0.3, 0.4) is 0 Å². The number of hydrogen-bond donors (Lipinski definition) is 1. The maximum Gasteiger partial charge on any atom is 0.251 e. The number of carbonyl (C=O) groups excluding carboxylic acids is 1. The molecule has 0 saturated heterocycles. The van der Waals surface area contributed by atoms with Crippen LogP contribution in [0.4, 0.5) is 5.69 Å². The second-order valence-corrected chi connectivity index (χ2v) is 6.17. The van der Waals surface area contributed by atoms with Crippen molar-refractivity contribution in [3.05, 3.63) is 65.2 Å². The summed E-state index contributed by atoms with van der Waals surface area (Å²) in [5.74, 6) is 0.0429. The van der Waals surface area contributed by atoms with Crippen molar-refractivity contribution in [2.75, 3.05) is 25.5 Å². The average Bonchev–Trinajstić information content (AvgIpc) is 2.70. The van der Waals surface area contributed by atoms with E-state index in [2.05, 4.69) is 30.4 Å². The highest BCUT2D eigenvalue weighted by Crippen LogP contribution is 2.29. The normalized spacial score (nSPS) is 17.3. The lowest BCUT2D eigenvalue weighted by atomic mass is 9.98. The molecule has 0 bridgehead atoms. The molecule has 1 N–H and O–H groups in total. The van der Waals surface area contributed by atoms with E-state index in [1.807, 2.05) is 44.4 Å². The Morgan fingerprint density at radius 2 is 1.92 bits per heavy atom. The van der Waals surface area contributed by atoms with Crippen molar-refractivity contribution in [1.82, 2.24) is 5.32 Å². The van der Waals surface area contributed by atoms with Gasteiger partial charge in [-0.2, -0.15) is 0 Å². The van der Waals surface area contributed by atoms with Crippen LogP contribution in [-0.2, 0) is 4.79 Å². The van der Waals surface area contributed by atoms with Gasteiger partial charge < -0.3 is 10.2 Å². The minimum Gasteiger partial charge on any atom is -0.320 e. The number of fused-ring (bicyclic) bond motifs is 1. The quantitative estimate of drug-likeness (QED) is 0.941. The average molecular weight is 321 g/mol. The lowest BCUT2D eigenvalue weighted by Crippen LogP contribution is -2.36. The molecule has 1 amide bonds. The lowest BCUT2D eigenvalue weighted by Gasteiger charge is -2.20. The molecular formula is C20H23N3O. The molecule has 1 unspecified atom stereocenters. The Morgan fingerprint density at radius 3 is 2.62 bits per heavy atom. The molecule has 0 radical (unpaired) electrons. The van der Waals surface area contributed by atoms with E-state index in [1.54, 1.807) is 4.90 Å². The second-order valence-electron chi connectivity index (χ2n) is 6.17. The van der Waals surface area contributed by atoms with Gasteiger partial charge in [0, 0.05) is 18.2 Å². The third-order valence-electron chi connectivity index (χ3n) is 4.38. The van der Waals surface area contributed by atoms with Crippen molar-refractivity contribution in [2.45, 2.75) is 19.4 Å². The van der Waals surface area contributed by atoms with E-state index in [-0.39, 0.29) is 11.9 Å². The number of benzene rings is 2. The Balaban J connectivity index is 2.18. The number of carbonyl (C=O) groups is 1. The first-order valence-electron chi connectivity index (χ1n) is 8.28. The molecule has 0 saturated carbocycles. The maximum absolute atomic E-state index is 12.9. The third-order valence-corrected chi connectivity index (χ3v) is 4.38. The molecule has 2 aromatic carbocycles. The summed E-state index contributed by atoms with van der Waals surface area (Å²) >= 11 is 0. The number of likely N-dealkylation sites (N-methyl/N-ethyl adjacent to an activating group) is 1. The molecule has 0 aromatic heterocycles. The van der Waals surface area contributed by atoms with Gasteiger partial charge >= 0.3 is 0 Å². The van der Waals surface area contributed by atoms with E-state index in [9.17, 15) is 4.79 Å². The standard InChI is InChI=1S/C20H23N3O/c1-14-9-10-18-16(13-14)19(15-7-5-4-6-8-15)22-17(11-12-21-2)20(24)23(18)3/h4-10,13,17,21H,11-12H2,1-3H3. The van der Waals surface area contributed by atoms with Crippen molar-refractivity contribution in [3.63, 3.8) is 0 Å². The van der Waals surface area contributed by atoms with E-state index in [0.717, 1.165) is 34.6 Å². The largest absolute Gasteiger partial charge is 0.320 e. The minimum absolute atomic E-state index is 0.0429. The van der Waals surface area contributed by atoms with E-state index < -0.39 is 0 Å². The first-order chi connectivity index (χ1) is 11.6. The number of rotatable bonds is 4. The summed E-state index contributed by atoms with van der Waals surface area (Å²) in [7, 11) is 3.73. The molecule has 1 aliphatic heterocycles. The van der Waals surface area contributed by atoms with Crippen molar-refractivity contribution < 1.29 is 4.79 Å². The first-order valence-corrected chi connectivity index (χ1v) is 8.28. The number of aryl methyl sites for hydroxylation is 1. The maximum atomic E-state index is 12.9. The molecule has 3 rings (SSSR count). The van der Waals surface area contributed by atoms with Gasteiger partial charge in [0.15, 0.2) is 0 Å². The summed E-state index contributed by atoms with van der Waals surface area (Å²) in [5.41, 5.74) is 5.03. The lowest BCUT2D eigenvalue weighted by molar-refractivity contribution is -0.119. The van der Waals surface area contributed by atoms with Crippen LogP contribution in [0, 0.1) is 6.92 Å². The number of amides is 1. The van der Waals surface area contributed by atoms with Gasteiger partial charge in [-0.05, 0) is 39.1 Å². The topological polar surface area (TPSA) is 44.7 Å². The molecule has 0 aliphatic carbocycles. The number of nitrogens with one attached hydrogen (secondary N) is 1. The van der Waals surface area contributed by atoms with Crippen molar-refractivity contribution in [1.29, 1.82) is 0 Å². The zero-order valence-corrected chi connectivity index (χ0v) is 14.4. The highest BCUT2D eigenvalue weighted by Gasteiger charge is 2.29. The van der Waals surface area contributed by atoms with Gasteiger partial charge in [-0.1, -0.05) is 42.0 Å². The summed E-state index contributed by atoms with van der Waals surface area (Å²) in [6, 6.07) is 15.9. The monoisotopic (exact) mass is 321 g/mol. The highest BCUT2D eigenvalue weighted by molar-refractivity contribution is 6.20. The molecule has 2 aromatic rings. The minimum atomic E-state index is -0.370. The fourth-order valence-corrected chi connectivity index (χ4v) is 3.05. The molecule has 24 heavy (non-hydrogen) atoms. The summed E-state index contributed by atoms with van der Waals surface area (Å²) in [4.78, 5) is 19.5. The van der Waals surface area contributed by atoms with Crippen molar-refractivity contribution in [2.24, 2.45) is 4.99 Å². The Labute approximate surface area is 143 Å². The van der Waals surface area contributed by atoms with Crippen molar-refractivity contribution >= 4 is 17.3 Å². The van der Waals surface area contributed by atoms with Crippen LogP contribution in [0.2, 0.25) is 0 Å². The zero-order valence-electron chi connectivity index (χ0n) is 14.4. The molecule has 0 spiro atoms. The number of aliphatic imine (C=N–C) groups is 1. The van der Waals surface area contributed by atoms with Gasteiger partial charge in [-0.15, -0.1) is 0 Å². The second kappa shape index (κ2) is 6.97. The Hall–Kier alpha value is -2.46. The van der Waals surface area contributed by atoms with Gasteiger partial charge in [0.05, 0.1) is 11.4 Å². The van der Waals surface area contributed by atoms with E-state index in [4.69, 9.17) is 4.99 Å². The van der Waals surface area contributed by atoms with Gasteiger partial charge in [0.1, 0.15) is 6.04 Å². The molecule has 1 aliphatic rings. The summed E-state index contributed by atoms with van der Waals surface area (Å²) in [6.45, 7) is 2.82. The fraction of sp³-hybridized carbons (Fsp3) is 0.300. The predicted octanol–water partition coefficient (Wildman–Crippen LogP) is 2.79. The molecule has 1 heterocycles. The van der Waals surface area contributed by atoms with Crippen LogP contribution in [0.25, 0.3) is 0 Å². The Morgan fingerprint density at radius 1 is 1.17 bits per heavy atom. The Kier molecular flexibility index (Phi) is 4.76. The Bertz CT molecular complexity index is 768. The number of benzodiazepines with no additional fused rings is 1. The SMILES string of the molecule is CNCCC1N=C(c2ccccc2)c2cc(C)ccc2N(C)C1=O. The predicted molar refractivity (Wildman–Crippen MR) is 99.0 cm³/mol. The van der Waals surface area contributed by atoms with Crippen LogP contribution in [0.1, 0.15) is 23.1 Å². The van der Waals surface area contributed by atoms with Gasteiger partial charge in [-0.3, -0.25) is 9.79 Å². The number of hydrogen-bond acceptors (Lipinski definition) is 3. The number of anilines is 1. The third kappa shape index (κ3) is 3.10. The van der Waals surface area contributed by atoms with Gasteiger partial charge in [0.25, 0.3) is 5.91 Å². The fourth-order valence-electron chi connectivity index (χ4n) is 3.05. The van der Waals surface area contributed by atoms with Crippen LogP contribution in [-0.4, -0.2) is 38.3 Å². The smallest absolute Gasteiger partial charge is 0.251 e. The van der Waals surface area contributed by atoms with E-state index >= 15 is 0 Å². The molecule has 1 atom stereocenters. The summed E-state index contributed by atoms with van der Waals surface area (Å²) in [5, 5.41) is 3.12. The number of nitrogens with zero attached hydrogens (tertiary/aromatic N) is 2. The van der Waals surface area contributed by atoms with E-state index in [1.165, 1.54) is 0 Å². The van der Waals surface area contributed by atoms with Crippen LogP contribution in [0.5, 0.6) is 0 Å². The van der Waals surface area contributed by atoms with Gasteiger partial charge in [-0.25, -0.2) is 0 Å². The molecule has 4 nitrogen and oxygen atoms in total. The van der Waals surface area contributed by atoms with Crippen LogP contribution in [0.15, 0.2) is 53.5 Å². The first kappa shape index (κ1) is 16.4. The molecule has 0 fully saturated rings. The molecular weight excluding hydrogens is 298 g/mol. The van der Waals surface area contributed by atoms with Crippen molar-refractivity contribution in [3.8, 4) is 0 Å². The summed E-state index contributed by atoms with van der Waals surface area (Å²) in [6.07, 6.45) is 0.684. The summed E-state index contributed by atoms with van der Waals surface area (Å²) < 4.78 is 0. The highest BCUT2D eigenvalue weighted by atomic mass is 16.2. The molecule has 4 heteroatoms. The van der Waals surface area contributed by atoms with E-state index in [0.29, 0.717) is 6.42 Å². The van der Waals surface area contributed by atoms with Crippen LogP contribution >= 0.6 is 0 Å². The zero-order chi connectivity index (χ0) is 17.1. The van der Waals surface area contributed by atoms with Crippen LogP contribution < -0.4 is 10.2 Å². The van der Waals surface area contributed by atoms with Gasteiger partial charge in [0.2, 0.25) is 0 Å².